The van der Waals surface area contributed by atoms with Gasteiger partial charge in [0.25, 0.3) is 5.91 Å². The zero-order valence-electron chi connectivity index (χ0n) is 15.5. The summed E-state index contributed by atoms with van der Waals surface area (Å²) in [5.41, 5.74) is 0.432. The predicted octanol–water partition coefficient (Wildman–Crippen LogP) is 2.61. The highest BCUT2D eigenvalue weighted by molar-refractivity contribution is 5.97. The van der Waals surface area contributed by atoms with Crippen LogP contribution in [0.1, 0.15) is 50.9 Å². The number of benzene rings is 1. The molecule has 2 rings (SSSR count). The SMILES string of the molecule is CCC(CC)CN(CC)C(=O)c1ccc2c(c1)[nH]c(=O)c(=O)n2CC. The second kappa shape index (κ2) is 8.14. The maximum Gasteiger partial charge on any atom is 0.316 e. The lowest BCUT2D eigenvalue weighted by molar-refractivity contribution is 0.0735. The number of fused-ring (bicyclic) bond motifs is 1. The maximum absolute atomic E-state index is 12.9. The van der Waals surface area contributed by atoms with Gasteiger partial charge in [-0.3, -0.25) is 14.4 Å². The van der Waals surface area contributed by atoms with Gasteiger partial charge in [0.1, 0.15) is 0 Å². The fraction of sp³-hybridized carbons (Fsp3) is 0.526. The molecule has 0 aliphatic rings. The number of aromatic amines is 1. The zero-order chi connectivity index (χ0) is 18.6. The van der Waals surface area contributed by atoms with Gasteiger partial charge in [-0.1, -0.05) is 26.7 Å². The van der Waals surface area contributed by atoms with Crippen molar-refractivity contribution >= 4 is 16.9 Å². The van der Waals surface area contributed by atoms with Gasteiger partial charge in [-0.15, -0.1) is 0 Å². The van der Waals surface area contributed by atoms with Gasteiger partial charge in [0, 0.05) is 25.2 Å². The molecule has 2 aromatic rings. The monoisotopic (exact) mass is 345 g/mol. The Balaban J connectivity index is 2.43. The van der Waals surface area contributed by atoms with E-state index in [1.54, 1.807) is 18.2 Å². The van der Waals surface area contributed by atoms with Crippen molar-refractivity contribution in [1.82, 2.24) is 14.5 Å². The Kier molecular flexibility index (Phi) is 6.17. The number of rotatable bonds is 7. The number of aryl methyl sites for hydroxylation is 1. The molecule has 6 heteroatoms. The Morgan fingerprint density at radius 2 is 1.84 bits per heavy atom. The topological polar surface area (TPSA) is 75.2 Å². The van der Waals surface area contributed by atoms with E-state index in [2.05, 4.69) is 18.8 Å². The summed E-state index contributed by atoms with van der Waals surface area (Å²) in [5.74, 6) is 0.431. The zero-order valence-corrected chi connectivity index (χ0v) is 15.5. The normalized spacial score (nSPS) is 11.2. The minimum absolute atomic E-state index is 0.0496. The number of hydrogen-bond acceptors (Lipinski definition) is 3. The molecule has 0 atom stereocenters. The first-order chi connectivity index (χ1) is 12.0. The van der Waals surface area contributed by atoms with Gasteiger partial charge >= 0.3 is 11.1 Å². The molecule has 0 radical (unpaired) electrons. The molecule has 1 aromatic carbocycles. The quantitative estimate of drug-likeness (QED) is 0.784. The standard InChI is InChI=1S/C19H27N3O3/c1-5-13(6-2)12-21(7-3)18(24)14-9-10-16-15(11-14)20-17(23)19(25)22(16)8-4/h9-11,13H,5-8,12H2,1-4H3,(H,20,23). The first-order valence-electron chi connectivity index (χ1n) is 9.02. The van der Waals surface area contributed by atoms with Gasteiger partial charge < -0.3 is 14.5 Å². The fourth-order valence-corrected chi connectivity index (χ4v) is 3.12. The summed E-state index contributed by atoms with van der Waals surface area (Å²) in [6.45, 7) is 9.83. The highest BCUT2D eigenvalue weighted by Gasteiger charge is 2.18. The van der Waals surface area contributed by atoms with Crippen LogP contribution in [-0.4, -0.2) is 33.4 Å². The Morgan fingerprint density at radius 1 is 1.16 bits per heavy atom. The lowest BCUT2D eigenvalue weighted by atomic mass is 10.0. The number of nitrogens with one attached hydrogen (secondary N) is 1. The van der Waals surface area contributed by atoms with E-state index in [-0.39, 0.29) is 5.91 Å². The van der Waals surface area contributed by atoms with Crippen LogP contribution in [0.5, 0.6) is 0 Å². The van der Waals surface area contributed by atoms with Gasteiger partial charge in [-0.25, -0.2) is 0 Å². The van der Waals surface area contributed by atoms with E-state index in [1.807, 2.05) is 18.7 Å². The van der Waals surface area contributed by atoms with Crippen LogP contribution in [-0.2, 0) is 6.54 Å². The van der Waals surface area contributed by atoms with Crippen LogP contribution in [0.4, 0.5) is 0 Å². The van der Waals surface area contributed by atoms with Gasteiger partial charge in [0.15, 0.2) is 0 Å². The van der Waals surface area contributed by atoms with E-state index in [4.69, 9.17) is 0 Å². The average molecular weight is 345 g/mol. The number of H-pyrrole nitrogens is 1. The minimum atomic E-state index is -0.664. The van der Waals surface area contributed by atoms with Crippen molar-refractivity contribution in [1.29, 1.82) is 0 Å². The van der Waals surface area contributed by atoms with E-state index < -0.39 is 11.1 Å². The smallest absolute Gasteiger partial charge is 0.316 e. The molecule has 0 aliphatic carbocycles. The number of amides is 1. The highest BCUT2D eigenvalue weighted by atomic mass is 16.2. The fourth-order valence-electron chi connectivity index (χ4n) is 3.12. The molecule has 0 spiro atoms. The second-order valence-electron chi connectivity index (χ2n) is 6.26. The summed E-state index contributed by atoms with van der Waals surface area (Å²) in [4.78, 5) is 41.0. The van der Waals surface area contributed by atoms with Crippen LogP contribution in [0.25, 0.3) is 11.0 Å². The van der Waals surface area contributed by atoms with E-state index in [9.17, 15) is 14.4 Å². The molecule has 0 saturated carbocycles. The molecule has 0 bridgehead atoms. The van der Waals surface area contributed by atoms with Gasteiger partial charge in [-0.2, -0.15) is 0 Å². The Morgan fingerprint density at radius 3 is 2.40 bits per heavy atom. The molecular formula is C19H27N3O3. The van der Waals surface area contributed by atoms with Crippen LogP contribution in [0.15, 0.2) is 27.8 Å². The van der Waals surface area contributed by atoms with Crippen molar-refractivity contribution in [3.63, 3.8) is 0 Å². The molecule has 1 amide bonds. The van der Waals surface area contributed by atoms with Crippen LogP contribution >= 0.6 is 0 Å². The lowest BCUT2D eigenvalue weighted by Crippen LogP contribution is -2.36. The number of carbonyl (C=O) groups is 1. The summed E-state index contributed by atoms with van der Waals surface area (Å²) < 4.78 is 1.42. The van der Waals surface area contributed by atoms with E-state index in [0.29, 0.717) is 35.6 Å². The van der Waals surface area contributed by atoms with Crippen molar-refractivity contribution in [2.75, 3.05) is 13.1 Å². The summed E-state index contributed by atoms with van der Waals surface area (Å²) >= 11 is 0. The number of aromatic nitrogens is 2. The first-order valence-corrected chi connectivity index (χ1v) is 9.02. The van der Waals surface area contributed by atoms with Gasteiger partial charge in [0.05, 0.1) is 11.0 Å². The molecule has 6 nitrogen and oxygen atoms in total. The van der Waals surface area contributed by atoms with E-state index in [1.165, 1.54) is 4.57 Å². The van der Waals surface area contributed by atoms with Crippen LogP contribution < -0.4 is 11.1 Å². The molecule has 1 N–H and O–H groups in total. The summed E-state index contributed by atoms with van der Waals surface area (Å²) in [6.07, 6.45) is 2.07. The third kappa shape index (κ3) is 3.83. The van der Waals surface area contributed by atoms with Crippen molar-refractivity contribution in [2.24, 2.45) is 5.92 Å². The second-order valence-corrected chi connectivity index (χ2v) is 6.26. The lowest BCUT2D eigenvalue weighted by Gasteiger charge is -2.25. The largest absolute Gasteiger partial charge is 0.339 e. The Hall–Kier alpha value is -2.37. The molecule has 1 heterocycles. The molecule has 0 unspecified atom stereocenters. The van der Waals surface area contributed by atoms with Crippen LogP contribution in [0, 0.1) is 5.92 Å². The highest BCUT2D eigenvalue weighted by Crippen LogP contribution is 2.16. The predicted molar refractivity (Wildman–Crippen MR) is 100 cm³/mol. The third-order valence-electron chi connectivity index (χ3n) is 4.84. The summed E-state index contributed by atoms with van der Waals surface area (Å²) in [5, 5.41) is 0. The van der Waals surface area contributed by atoms with Crippen molar-refractivity contribution < 1.29 is 4.79 Å². The van der Waals surface area contributed by atoms with Crippen molar-refractivity contribution in [2.45, 2.75) is 47.1 Å². The summed E-state index contributed by atoms with van der Waals surface area (Å²) in [6, 6.07) is 5.12. The van der Waals surface area contributed by atoms with Crippen LogP contribution in [0.3, 0.4) is 0 Å². The van der Waals surface area contributed by atoms with E-state index in [0.717, 1.165) is 19.4 Å². The van der Waals surface area contributed by atoms with Crippen molar-refractivity contribution in [3.05, 3.63) is 44.5 Å². The molecule has 0 fully saturated rings. The average Bonchev–Trinajstić information content (AvgIpc) is 2.63. The van der Waals surface area contributed by atoms with Crippen LogP contribution in [0.2, 0.25) is 0 Å². The molecular weight excluding hydrogens is 318 g/mol. The van der Waals surface area contributed by atoms with Gasteiger partial charge in [0.2, 0.25) is 0 Å². The molecule has 25 heavy (non-hydrogen) atoms. The third-order valence-corrected chi connectivity index (χ3v) is 4.84. The molecule has 0 saturated heterocycles. The number of hydrogen-bond donors (Lipinski definition) is 1. The minimum Gasteiger partial charge on any atom is -0.339 e. The molecule has 136 valence electrons. The summed E-state index contributed by atoms with van der Waals surface area (Å²) in [7, 11) is 0. The van der Waals surface area contributed by atoms with Crippen molar-refractivity contribution in [3.8, 4) is 0 Å². The molecule has 1 aromatic heterocycles. The number of carbonyl (C=O) groups excluding carboxylic acids is 1. The Bertz CT molecular complexity index is 862. The van der Waals surface area contributed by atoms with E-state index >= 15 is 0 Å². The van der Waals surface area contributed by atoms with Gasteiger partial charge in [-0.05, 0) is 38.0 Å². The first kappa shape index (κ1) is 19.0. The molecule has 0 aliphatic heterocycles. The Labute approximate surface area is 147 Å². The number of nitrogens with zero attached hydrogens (tertiary/aromatic N) is 2. The maximum atomic E-state index is 12.9.